The van der Waals surface area contributed by atoms with E-state index in [0.717, 1.165) is 44.4 Å². The third-order valence-electron chi connectivity index (χ3n) is 15.5. The average Bonchev–Trinajstić information content (AvgIpc) is 3.95. The SMILES string of the molecule is CC(C)(C)C1=C(C(C)(C)C)N(c2cc(C(C)(C)C)cc(C(C)(C)C)c2)[CH-]N1c1[c-]c(Oc2[c-]c3c(c(C(C)(C)c4ccccc4)c2)c2ccccc2n3-c2cc(C(C)(C)c3ccccc3)ccn2)cc(C(C)(C)C)c1.[Pt]. The van der Waals surface area contributed by atoms with Crippen LogP contribution in [0.5, 0.6) is 11.5 Å². The predicted octanol–water partition coefficient (Wildman–Crippen LogP) is 18.9. The topological polar surface area (TPSA) is 33.5 Å². The van der Waals surface area contributed by atoms with Gasteiger partial charge >= 0.3 is 0 Å². The second-order valence-corrected chi connectivity index (χ2v) is 27.3. The number of fused-ring (bicyclic) bond motifs is 3. The Kier molecular flexibility index (Phi) is 14.7. The fourth-order valence-corrected chi connectivity index (χ4v) is 10.9. The molecule has 400 valence electrons. The number of para-hydroxylation sites is 1. The summed E-state index contributed by atoms with van der Waals surface area (Å²) in [6.07, 6.45) is 1.95. The molecule has 3 heterocycles. The average molecular weight is 1190 g/mol. The second-order valence-electron chi connectivity index (χ2n) is 27.3. The quantitative estimate of drug-likeness (QED) is 0.135. The molecule has 5 nitrogen and oxygen atoms in total. The molecule has 6 heteroatoms. The molecule has 9 rings (SSSR count). The Morgan fingerprint density at radius 1 is 0.447 bits per heavy atom. The predicted molar refractivity (Wildman–Crippen MR) is 318 cm³/mol. The van der Waals surface area contributed by atoms with Gasteiger partial charge in [-0.2, -0.15) is 0 Å². The first-order valence-corrected chi connectivity index (χ1v) is 27.0. The van der Waals surface area contributed by atoms with E-state index in [9.17, 15) is 0 Å². The van der Waals surface area contributed by atoms with Gasteiger partial charge in [0.05, 0.1) is 0 Å². The van der Waals surface area contributed by atoms with Crippen molar-refractivity contribution in [1.82, 2.24) is 9.55 Å². The van der Waals surface area contributed by atoms with Crippen LogP contribution in [0.2, 0.25) is 0 Å². The Labute approximate surface area is 471 Å². The number of aromatic nitrogens is 2. The second kappa shape index (κ2) is 19.8. The molecule has 1 aliphatic rings. The van der Waals surface area contributed by atoms with Crippen LogP contribution in [-0.4, -0.2) is 9.55 Å². The molecule has 0 bridgehead atoms. The number of anilines is 2. The summed E-state index contributed by atoms with van der Waals surface area (Å²) in [5.41, 5.74) is 13.7. The molecule has 0 spiro atoms. The number of hydrogen-bond acceptors (Lipinski definition) is 4. The van der Waals surface area contributed by atoms with E-state index in [1.54, 1.807) is 0 Å². The van der Waals surface area contributed by atoms with Crippen molar-refractivity contribution in [1.29, 1.82) is 0 Å². The zero-order chi connectivity index (χ0) is 54.4. The van der Waals surface area contributed by atoms with Gasteiger partial charge in [0, 0.05) is 77.6 Å². The molecule has 0 amide bonds. The summed E-state index contributed by atoms with van der Waals surface area (Å²) in [7, 11) is 0. The zero-order valence-corrected chi connectivity index (χ0v) is 51.1. The van der Waals surface area contributed by atoms with Gasteiger partial charge in [-0.25, -0.2) is 4.98 Å². The molecule has 76 heavy (non-hydrogen) atoms. The maximum absolute atomic E-state index is 7.33. The number of hydrogen-bond donors (Lipinski definition) is 0. The van der Waals surface area contributed by atoms with Gasteiger partial charge in [0.1, 0.15) is 5.82 Å². The number of ether oxygens (including phenoxy) is 1. The van der Waals surface area contributed by atoms with Crippen molar-refractivity contribution in [2.45, 2.75) is 159 Å². The third-order valence-corrected chi connectivity index (χ3v) is 15.5. The first-order valence-electron chi connectivity index (χ1n) is 27.0. The van der Waals surface area contributed by atoms with E-state index in [-0.39, 0.29) is 53.6 Å². The van der Waals surface area contributed by atoms with Crippen molar-refractivity contribution in [3.8, 4) is 17.3 Å². The molecular weight excluding hydrogens is 1110 g/mol. The third kappa shape index (κ3) is 10.7. The van der Waals surface area contributed by atoms with Gasteiger partial charge in [0.2, 0.25) is 0 Å². The van der Waals surface area contributed by atoms with Gasteiger partial charge in [-0.1, -0.05) is 227 Å². The molecule has 0 N–H and O–H groups in total. The molecule has 0 radical (unpaired) electrons. The van der Waals surface area contributed by atoms with E-state index in [2.05, 4.69) is 298 Å². The fraction of sp³-hybridized carbons (Fsp3) is 0.371. The summed E-state index contributed by atoms with van der Waals surface area (Å²) in [6, 6.07) is 56.4. The van der Waals surface area contributed by atoms with Crippen molar-refractivity contribution in [3.63, 3.8) is 0 Å². The minimum absolute atomic E-state index is 0. The van der Waals surface area contributed by atoms with Crippen molar-refractivity contribution >= 4 is 33.2 Å². The van der Waals surface area contributed by atoms with E-state index < -0.39 is 5.41 Å². The Morgan fingerprint density at radius 3 is 1.50 bits per heavy atom. The molecule has 2 aromatic heterocycles. The minimum Gasteiger partial charge on any atom is -0.509 e. The molecule has 8 aromatic rings. The Morgan fingerprint density at radius 2 is 0.947 bits per heavy atom. The molecular formula is C70H81N4OPt-3. The molecule has 1 aliphatic heterocycles. The van der Waals surface area contributed by atoms with Crippen molar-refractivity contribution in [3.05, 3.63) is 209 Å². The van der Waals surface area contributed by atoms with Crippen LogP contribution in [0, 0.1) is 29.6 Å². The van der Waals surface area contributed by atoms with E-state index >= 15 is 0 Å². The first-order chi connectivity index (χ1) is 34.8. The first kappa shape index (κ1) is 56.3. The fourth-order valence-electron chi connectivity index (χ4n) is 10.9. The van der Waals surface area contributed by atoms with Crippen LogP contribution >= 0.6 is 0 Å². The number of nitrogens with zero attached hydrogens (tertiary/aromatic N) is 4. The van der Waals surface area contributed by atoms with E-state index in [0.29, 0.717) is 11.5 Å². The van der Waals surface area contributed by atoms with E-state index in [4.69, 9.17) is 9.72 Å². The Hall–Kier alpha value is -5.90. The van der Waals surface area contributed by atoms with Crippen LogP contribution in [0.25, 0.3) is 27.6 Å². The normalized spacial score (nSPS) is 14.2. The number of rotatable bonds is 9. The van der Waals surface area contributed by atoms with Crippen LogP contribution in [0.15, 0.2) is 151 Å². The molecule has 0 saturated carbocycles. The summed E-state index contributed by atoms with van der Waals surface area (Å²) in [6.45, 7) is 46.3. The summed E-state index contributed by atoms with van der Waals surface area (Å²) < 4.78 is 9.62. The van der Waals surface area contributed by atoms with Crippen LogP contribution in [0.4, 0.5) is 11.4 Å². The number of benzene rings is 6. The van der Waals surface area contributed by atoms with Crippen molar-refractivity contribution in [2.75, 3.05) is 9.80 Å². The van der Waals surface area contributed by atoms with Crippen LogP contribution in [0.3, 0.4) is 0 Å². The van der Waals surface area contributed by atoms with E-state index in [1.807, 2.05) is 6.20 Å². The van der Waals surface area contributed by atoms with Gasteiger partial charge in [-0.05, 0) is 85.2 Å². The smallest absolute Gasteiger partial charge is 0.135 e. The summed E-state index contributed by atoms with van der Waals surface area (Å²) >= 11 is 0. The van der Waals surface area contributed by atoms with Crippen molar-refractivity contribution < 1.29 is 25.8 Å². The number of pyridine rings is 1. The molecule has 0 fully saturated rings. The van der Waals surface area contributed by atoms with Crippen LogP contribution < -0.4 is 14.5 Å². The summed E-state index contributed by atoms with van der Waals surface area (Å²) in [5, 5.41) is 2.27. The molecule has 0 unspecified atom stereocenters. The van der Waals surface area contributed by atoms with Gasteiger partial charge in [0.15, 0.2) is 0 Å². The Balaban J connectivity index is 0.00000765. The molecule has 0 saturated heterocycles. The monoisotopic (exact) mass is 1190 g/mol. The largest absolute Gasteiger partial charge is 0.509 e. The maximum Gasteiger partial charge on any atom is 0.135 e. The van der Waals surface area contributed by atoms with Crippen LogP contribution in [0.1, 0.15) is 170 Å². The summed E-state index contributed by atoms with van der Waals surface area (Å²) in [4.78, 5) is 10.00. The van der Waals surface area contributed by atoms with Gasteiger partial charge < -0.3 is 19.1 Å². The van der Waals surface area contributed by atoms with E-state index in [1.165, 1.54) is 44.9 Å². The molecule has 0 aliphatic carbocycles. The standard InChI is InChI=1S/C70H81N4O.Pt/c1-64(2,3)49-36-50(65(4,5)6)38-52(37-49)72-45-73(63(68(13,14)15)62(72)67(10,11)12)53-39-51(66(7,8)9)40-54(42-53)75-55-43-57(70(18,19)47-30-24-21-25-31-47)61-56-32-26-27-33-58(56)74(59(61)44-55)60-41-48(34-35-71-60)69(16,17)46-28-22-20-23-29-46;/h20-41,43,45H,1-19H3;/q-3;. The maximum atomic E-state index is 7.33. The minimum atomic E-state index is -0.435. The zero-order valence-electron chi connectivity index (χ0n) is 48.9. The Bertz CT molecular complexity index is 3420. The van der Waals surface area contributed by atoms with Gasteiger partial charge in [0.25, 0.3) is 0 Å². The van der Waals surface area contributed by atoms with Gasteiger partial charge in [-0.15, -0.1) is 53.8 Å². The number of allylic oxidation sites excluding steroid dienone is 2. The molecule has 6 aromatic carbocycles. The van der Waals surface area contributed by atoms with Gasteiger partial charge in [-0.3, -0.25) is 0 Å². The molecule has 0 atom stereocenters. The van der Waals surface area contributed by atoms with Crippen molar-refractivity contribution in [2.24, 2.45) is 10.8 Å². The summed E-state index contributed by atoms with van der Waals surface area (Å²) in [5.74, 6) is 2.07. The van der Waals surface area contributed by atoms with Crippen LogP contribution in [-0.2, 0) is 48.1 Å².